The van der Waals surface area contributed by atoms with E-state index in [1.165, 1.54) is 18.9 Å². The zero-order valence-corrected chi connectivity index (χ0v) is 10.7. The maximum absolute atomic E-state index is 11.4. The molecule has 0 fully saturated rings. The molecule has 0 radical (unpaired) electrons. The largest absolute Gasteiger partial charge is 0.467 e. The molecule has 4 nitrogen and oxygen atoms in total. The second kappa shape index (κ2) is 6.00. The Morgan fingerprint density at radius 2 is 1.93 bits per heavy atom. The smallest absolute Gasteiger partial charge is 0.328 e. The van der Waals surface area contributed by atoms with Gasteiger partial charge in [-0.15, -0.1) is 11.8 Å². The number of hydrogen-bond acceptors (Lipinski definition) is 4. The number of ether oxygens (including phenoxy) is 1. The minimum Gasteiger partial charge on any atom is -0.467 e. The predicted molar refractivity (Wildman–Crippen MR) is 61.8 cm³/mol. The van der Waals surface area contributed by atoms with Gasteiger partial charge in [-0.05, 0) is 6.92 Å². The molecule has 0 aliphatic carbocycles. The van der Waals surface area contributed by atoms with E-state index in [4.69, 9.17) is 0 Å². The van der Waals surface area contributed by atoms with Gasteiger partial charge in [0, 0.05) is 4.75 Å². The molecule has 0 bridgehead atoms. The summed E-state index contributed by atoms with van der Waals surface area (Å²) in [4.78, 5) is 22.4. The van der Waals surface area contributed by atoms with Gasteiger partial charge in [0.05, 0.1) is 12.9 Å². The maximum atomic E-state index is 11.4. The summed E-state index contributed by atoms with van der Waals surface area (Å²) in [5.74, 6) is -0.220. The first-order valence-electron chi connectivity index (χ1n) is 4.77. The van der Waals surface area contributed by atoms with Gasteiger partial charge in [0.1, 0.15) is 6.04 Å². The summed E-state index contributed by atoms with van der Waals surface area (Å²) in [7, 11) is 1.30. The van der Waals surface area contributed by atoms with Gasteiger partial charge in [0.2, 0.25) is 5.91 Å². The predicted octanol–water partition coefficient (Wildman–Crippen LogP) is 1.20. The summed E-state index contributed by atoms with van der Waals surface area (Å²) in [6, 6.07) is -0.580. The van der Waals surface area contributed by atoms with Crippen molar-refractivity contribution in [3.05, 3.63) is 0 Å². The summed E-state index contributed by atoms with van der Waals surface area (Å²) < 4.78 is 4.55. The van der Waals surface area contributed by atoms with Gasteiger partial charge in [-0.25, -0.2) is 4.79 Å². The number of carbonyl (C=O) groups excluding carboxylic acids is 2. The van der Waals surface area contributed by atoms with Crippen LogP contribution in [0.5, 0.6) is 0 Å². The lowest BCUT2D eigenvalue weighted by Crippen LogP contribution is -2.40. The molecule has 0 saturated carbocycles. The Balaban J connectivity index is 3.89. The second-order valence-corrected chi connectivity index (χ2v) is 6.02. The van der Waals surface area contributed by atoms with E-state index in [2.05, 4.69) is 10.1 Å². The van der Waals surface area contributed by atoms with Gasteiger partial charge in [-0.3, -0.25) is 4.79 Å². The molecule has 15 heavy (non-hydrogen) atoms. The molecule has 5 heteroatoms. The van der Waals surface area contributed by atoms with Crippen LogP contribution in [-0.4, -0.2) is 35.5 Å². The molecule has 88 valence electrons. The topological polar surface area (TPSA) is 55.4 Å². The Labute approximate surface area is 95.1 Å². The lowest BCUT2D eigenvalue weighted by molar-refractivity contribution is -0.144. The number of carbonyl (C=O) groups is 2. The zero-order chi connectivity index (χ0) is 12.1. The molecule has 0 aromatic heterocycles. The van der Waals surface area contributed by atoms with Gasteiger partial charge >= 0.3 is 5.97 Å². The molecule has 1 N–H and O–H groups in total. The van der Waals surface area contributed by atoms with E-state index in [9.17, 15) is 9.59 Å². The van der Waals surface area contributed by atoms with E-state index >= 15 is 0 Å². The van der Waals surface area contributed by atoms with Crippen LogP contribution in [0, 0.1) is 0 Å². The van der Waals surface area contributed by atoms with Crippen molar-refractivity contribution in [2.24, 2.45) is 0 Å². The fourth-order valence-corrected chi connectivity index (χ4v) is 1.45. The van der Waals surface area contributed by atoms with Crippen LogP contribution in [0.1, 0.15) is 27.7 Å². The van der Waals surface area contributed by atoms with Crippen molar-refractivity contribution in [1.82, 2.24) is 5.32 Å². The molecule has 0 aromatic carbocycles. The van der Waals surface area contributed by atoms with E-state index in [1.54, 1.807) is 6.92 Å². The first-order chi connectivity index (χ1) is 6.76. The van der Waals surface area contributed by atoms with Gasteiger partial charge in [-0.2, -0.15) is 0 Å². The van der Waals surface area contributed by atoms with Crippen molar-refractivity contribution in [2.75, 3.05) is 12.9 Å². The summed E-state index contributed by atoms with van der Waals surface area (Å²) >= 11 is 1.54. The minimum absolute atomic E-state index is 0.0475. The molecule has 0 aliphatic rings. The highest BCUT2D eigenvalue weighted by Gasteiger charge is 2.18. The van der Waals surface area contributed by atoms with Crippen molar-refractivity contribution in [1.29, 1.82) is 0 Å². The van der Waals surface area contributed by atoms with E-state index in [1.807, 2.05) is 20.8 Å². The summed E-state index contributed by atoms with van der Waals surface area (Å²) in [6.07, 6.45) is 0. The maximum Gasteiger partial charge on any atom is 0.328 e. The molecular formula is C10H19NO3S. The minimum atomic E-state index is -0.580. The number of nitrogens with one attached hydrogen (secondary N) is 1. The third-order valence-electron chi connectivity index (χ3n) is 1.57. The molecule has 0 spiro atoms. The number of methoxy groups -OCH3 is 1. The van der Waals surface area contributed by atoms with Gasteiger partial charge in [0.15, 0.2) is 0 Å². The molecule has 0 rings (SSSR count). The molecule has 0 aliphatic heterocycles. The van der Waals surface area contributed by atoms with Crippen LogP contribution in [0.2, 0.25) is 0 Å². The average molecular weight is 233 g/mol. The highest BCUT2D eigenvalue weighted by molar-refractivity contribution is 8.01. The zero-order valence-electron chi connectivity index (χ0n) is 9.92. The Hall–Kier alpha value is -0.710. The van der Waals surface area contributed by atoms with Crippen LogP contribution < -0.4 is 5.32 Å². The van der Waals surface area contributed by atoms with Crippen LogP contribution in [0.25, 0.3) is 0 Å². The van der Waals surface area contributed by atoms with Crippen LogP contribution in [0.15, 0.2) is 0 Å². The third-order valence-corrected chi connectivity index (χ3v) is 2.84. The van der Waals surface area contributed by atoms with Gasteiger partial charge in [0.25, 0.3) is 0 Å². The number of esters is 1. The first kappa shape index (κ1) is 14.3. The molecule has 1 amide bonds. The van der Waals surface area contributed by atoms with Gasteiger partial charge < -0.3 is 10.1 Å². The molecule has 0 heterocycles. The Morgan fingerprint density at radius 3 is 2.33 bits per heavy atom. The summed E-state index contributed by atoms with van der Waals surface area (Å²) in [5, 5.41) is 2.57. The van der Waals surface area contributed by atoms with Gasteiger partial charge in [-0.1, -0.05) is 20.8 Å². The highest BCUT2D eigenvalue weighted by Crippen LogP contribution is 2.22. The SMILES string of the molecule is COC(=O)C(C)NC(=O)CSC(C)(C)C. The standard InChI is InChI=1S/C10H19NO3S/c1-7(9(13)14-5)11-8(12)6-15-10(2,3)4/h7H,6H2,1-5H3,(H,11,12). The molecule has 0 aromatic rings. The van der Waals surface area contributed by atoms with Crippen LogP contribution in [0.4, 0.5) is 0 Å². The quantitative estimate of drug-likeness (QED) is 0.741. The molecule has 1 unspecified atom stereocenters. The van der Waals surface area contributed by atoms with E-state index in [-0.39, 0.29) is 10.7 Å². The normalized spacial score (nSPS) is 13.1. The number of hydrogen-bond donors (Lipinski definition) is 1. The van der Waals surface area contributed by atoms with Crippen molar-refractivity contribution >= 4 is 23.6 Å². The number of amides is 1. The molecular weight excluding hydrogens is 214 g/mol. The van der Waals surface area contributed by atoms with Crippen molar-refractivity contribution in [3.63, 3.8) is 0 Å². The Kier molecular flexibility index (Phi) is 5.72. The highest BCUT2D eigenvalue weighted by atomic mass is 32.2. The Morgan fingerprint density at radius 1 is 1.40 bits per heavy atom. The lowest BCUT2D eigenvalue weighted by Gasteiger charge is -2.18. The fraction of sp³-hybridized carbons (Fsp3) is 0.800. The number of rotatable bonds is 4. The summed E-state index contributed by atoms with van der Waals surface area (Å²) in [5.41, 5.74) is 0. The van der Waals surface area contributed by atoms with Crippen molar-refractivity contribution in [2.45, 2.75) is 38.5 Å². The first-order valence-corrected chi connectivity index (χ1v) is 5.76. The van der Waals surface area contributed by atoms with Crippen LogP contribution >= 0.6 is 11.8 Å². The lowest BCUT2D eigenvalue weighted by atomic mass is 10.3. The van der Waals surface area contributed by atoms with E-state index < -0.39 is 12.0 Å². The monoisotopic (exact) mass is 233 g/mol. The van der Waals surface area contributed by atoms with E-state index in [0.717, 1.165) is 0 Å². The fourth-order valence-electron chi connectivity index (χ4n) is 0.801. The van der Waals surface area contributed by atoms with Crippen LogP contribution in [-0.2, 0) is 14.3 Å². The average Bonchev–Trinajstić information content (AvgIpc) is 2.12. The Bertz CT molecular complexity index is 235. The van der Waals surface area contributed by atoms with Crippen molar-refractivity contribution < 1.29 is 14.3 Å². The third kappa shape index (κ3) is 7.25. The van der Waals surface area contributed by atoms with Crippen molar-refractivity contribution in [3.8, 4) is 0 Å². The second-order valence-electron chi connectivity index (χ2n) is 4.21. The molecule has 1 atom stereocenters. The van der Waals surface area contributed by atoms with Crippen LogP contribution in [0.3, 0.4) is 0 Å². The molecule has 0 saturated heterocycles. The van der Waals surface area contributed by atoms with E-state index in [0.29, 0.717) is 5.75 Å². The number of thioether (sulfide) groups is 1. The summed E-state index contributed by atoms with van der Waals surface area (Å²) in [6.45, 7) is 7.71.